The summed E-state index contributed by atoms with van der Waals surface area (Å²) in [5, 5.41) is 3.95. The third-order valence-corrected chi connectivity index (χ3v) is 11.1. The fraction of sp³-hybridized carbons (Fsp3) is 0.486. The Morgan fingerprint density at radius 1 is 1.04 bits per heavy atom. The van der Waals surface area contributed by atoms with Gasteiger partial charge in [0.05, 0.1) is 57.2 Å². The number of alkyl halides is 2. The zero-order valence-corrected chi connectivity index (χ0v) is 30.4. The molecule has 1 aliphatic carbocycles. The summed E-state index contributed by atoms with van der Waals surface area (Å²) in [5.74, 6) is -3.93. The van der Waals surface area contributed by atoms with Gasteiger partial charge in [0.15, 0.2) is 17.5 Å². The number of aromatic nitrogens is 4. The largest absolute Gasteiger partial charge is 0.346 e. The van der Waals surface area contributed by atoms with E-state index in [9.17, 15) is 18.4 Å². The standard InChI is InChI=1S/C37H41ClF4N8O2/c1-19(2)49-18-45-25-13-23(46-33(31(25)49)47-24-12-22(28(38)30(42)29(24)41)34(51)44-17-27(39)40)20-11-26-32(43-16-20)36(3,4)35(52)50(26)21-14-37(5,15-21)48-9-7-6-8-10-48/h11-13,16,18-19,21,27H,6-10,14-15,17H2,1-5H3,(H,44,51)(H,46,47)/t21-,37+. The van der Waals surface area contributed by atoms with Gasteiger partial charge in [-0.2, -0.15) is 0 Å². The van der Waals surface area contributed by atoms with Gasteiger partial charge in [0.1, 0.15) is 5.52 Å². The van der Waals surface area contributed by atoms with Crippen LogP contribution >= 0.6 is 11.6 Å². The summed E-state index contributed by atoms with van der Waals surface area (Å²) in [6, 6.07) is 4.52. The van der Waals surface area contributed by atoms with Crippen LogP contribution in [-0.4, -0.2) is 73.9 Å². The molecule has 276 valence electrons. The number of piperidine rings is 1. The van der Waals surface area contributed by atoms with E-state index in [2.05, 4.69) is 22.1 Å². The van der Waals surface area contributed by atoms with Crippen molar-refractivity contribution in [2.24, 2.45) is 0 Å². The molecule has 1 saturated heterocycles. The van der Waals surface area contributed by atoms with E-state index in [0.29, 0.717) is 33.7 Å². The number of likely N-dealkylation sites (tertiary alicyclic amines) is 1. The van der Waals surface area contributed by atoms with Crippen LogP contribution in [0.5, 0.6) is 0 Å². The number of hydrogen-bond acceptors (Lipinski definition) is 7. The van der Waals surface area contributed by atoms with Crippen LogP contribution in [0, 0.1) is 11.6 Å². The normalized spacial score (nSPS) is 21.6. The number of anilines is 3. The third-order valence-electron chi connectivity index (χ3n) is 10.8. The number of nitrogens with one attached hydrogen (secondary N) is 2. The highest BCUT2D eigenvalue weighted by atomic mass is 35.5. The molecule has 0 bridgehead atoms. The van der Waals surface area contributed by atoms with Crippen LogP contribution in [0.25, 0.3) is 22.3 Å². The number of rotatable bonds is 9. The van der Waals surface area contributed by atoms with Gasteiger partial charge in [0.25, 0.3) is 12.3 Å². The molecule has 2 fully saturated rings. The number of amides is 2. The lowest BCUT2D eigenvalue weighted by Crippen LogP contribution is -2.64. The lowest BCUT2D eigenvalue weighted by Gasteiger charge is -2.55. The fourth-order valence-corrected chi connectivity index (χ4v) is 8.13. The van der Waals surface area contributed by atoms with Crippen molar-refractivity contribution in [1.82, 2.24) is 29.7 Å². The number of imidazole rings is 1. The van der Waals surface area contributed by atoms with E-state index in [1.165, 1.54) is 19.3 Å². The van der Waals surface area contributed by atoms with Gasteiger partial charge in [0.2, 0.25) is 5.91 Å². The molecule has 0 atom stereocenters. The van der Waals surface area contributed by atoms with E-state index in [-0.39, 0.29) is 29.3 Å². The SMILES string of the molecule is CC(C)n1cnc2cc(-c3cnc4c(c3)N([C@H]3C[C@@](C)(N5CCCCC5)C3)C(=O)C4(C)C)nc(Nc3cc(C(=O)NCC(F)F)c(Cl)c(F)c3F)c21. The number of pyridine rings is 2. The van der Waals surface area contributed by atoms with Crippen LogP contribution in [0.1, 0.15) is 88.8 Å². The lowest BCUT2D eigenvalue weighted by molar-refractivity contribution is -0.123. The predicted octanol–water partition coefficient (Wildman–Crippen LogP) is 7.78. The number of fused-ring (bicyclic) bond motifs is 2. The quantitative estimate of drug-likeness (QED) is 0.133. The first kappa shape index (κ1) is 36.1. The van der Waals surface area contributed by atoms with Crippen molar-refractivity contribution in [2.45, 2.75) is 96.2 Å². The summed E-state index contributed by atoms with van der Waals surface area (Å²) < 4.78 is 57.9. The van der Waals surface area contributed by atoms with Crippen LogP contribution in [-0.2, 0) is 10.2 Å². The van der Waals surface area contributed by atoms with Crippen LogP contribution in [0.3, 0.4) is 0 Å². The molecule has 4 aromatic rings. The average molecular weight is 741 g/mol. The van der Waals surface area contributed by atoms with E-state index in [4.69, 9.17) is 21.6 Å². The number of carbonyl (C=O) groups excluding carboxylic acids is 2. The van der Waals surface area contributed by atoms with Gasteiger partial charge in [-0.3, -0.25) is 19.5 Å². The molecule has 5 heterocycles. The number of benzene rings is 1. The number of carbonyl (C=O) groups is 2. The van der Waals surface area contributed by atoms with Gasteiger partial charge in [-0.1, -0.05) is 18.0 Å². The van der Waals surface area contributed by atoms with Crippen molar-refractivity contribution in [3.8, 4) is 11.3 Å². The van der Waals surface area contributed by atoms with Crippen molar-refractivity contribution in [3.05, 3.63) is 58.6 Å². The Bertz CT molecular complexity index is 2070. The summed E-state index contributed by atoms with van der Waals surface area (Å²) in [6.07, 6.45) is 5.72. The van der Waals surface area contributed by atoms with Crippen LogP contribution in [0.15, 0.2) is 30.7 Å². The number of halogens is 5. The first-order chi connectivity index (χ1) is 24.6. The molecule has 52 heavy (non-hydrogen) atoms. The molecule has 1 aromatic carbocycles. The topological polar surface area (TPSA) is 108 Å². The van der Waals surface area contributed by atoms with Crippen molar-refractivity contribution in [3.63, 3.8) is 0 Å². The lowest BCUT2D eigenvalue weighted by atomic mass is 9.71. The summed E-state index contributed by atoms with van der Waals surface area (Å²) in [4.78, 5) is 45.3. The Morgan fingerprint density at radius 3 is 2.42 bits per heavy atom. The highest BCUT2D eigenvalue weighted by molar-refractivity contribution is 6.34. The van der Waals surface area contributed by atoms with Crippen LogP contribution in [0.4, 0.5) is 34.8 Å². The van der Waals surface area contributed by atoms with E-state index in [1.807, 2.05) is 44.0 Å². The zero-order valence-electron chi connectivity index (χ0n) is 29.7. The fourth-order valence-electron chi connectivity index (χ4n) is 7.90. The summed E-state index contributed by atoms with van der Waals surface area (Å²) in [7, 11) is 0. The second-order valence-corrected chi connectivity index (χ2v) is 15.5. The molecule has 2 N–H and O–H groups in total. The Labute approximate surface area is 303 Å². The molecular formula is C37H41ClF4N8O2. The summed E-state index contributed by atoms with van der Waals surface area (Å²) in [6.45, 7) is 11.0. The van der Waals surface area contributed by atoms with Gasteiger partial charge in [-0.05, 0) is 91.6 Å². The number of hydrogen-bond donors (Lipinski definition) is 2. The maximum absolute atomic E-state index is 15.4. The Morgan fingerprint density at radius 2 is 1.75 bits per heavy atom. The Kier molecular flexibility index (Phi) is 9.21. The molecule has 0 unspecified atom stereocenters. The minimum atomic E-state index is -2.86. The predicted molar refractivity (Wildman–Crippen MR) is 191 cm³/mol. The second kappa shape index (κ2) is 13.3. The summed E-state index contributed by atoms with van der Waals surface area (Å²) in [5.41, 5.74) is 1.49. The molecule has 15 heteroatoms. The van der Waals surface area contributed by atoms with Gasteiger partial charge < -0.3 is 20.1 Å². The second-order valence-electron chi connectivity index (χ2n) is 15.1. The molecule has 3 aliphatic rings. The maximum Gasteiger partial charge on any atom is 0.255 e. The molecule has 3 aromatic heterocycles. The Hall–Kier alpha value is -4.30. The number of nitrogens with zero attached hydrogens (tertiary/aromatic N) is 6. The molecule has 1 saturated carbocycles. The first-order valence-electron chi connectivity index (χ1n) is 17.6. The van der Waals surface area contributed by atoms with E-state index >= 15 is 8.78 Å². The van der Waals surface area contributed by atoms with Gasteiger partial charge in [-0.15, -0.1) is 0 Å². The minimum Gasteiger partial charge on any atom is -0.346 e. The minimum absolute atomic E-state index is 0.00656. The molecule has 2 amide bonds. The van der Waals surface area contributed by atoms with Crippen molar-refractivity contribution in [1.29, 1.82) is 0 Å². The molecule has 7 rings (SSSR count). The molecule has 10 nitrogen and oxygen atoms in total. The average Bonchev–Trinajstić information content (AvgIpc) is 3.62. The van der Waals surface area contributed by atoms with Gasteiger partial charge in [0, 0.05) is 29.4 Å². The van der Waals surface area contributed by atoms with Crippen LogP contribution < -0.4 is 15.5 Å². The van der Waals surface area contributed by atoms with Crippen molar-refractivity contribution < 1.29 is 27.2 Å². The van der Waals surface area contributed by atoms with Gasteiger partial charge >= 0.3 is 0 Å². The highest BCUT2D eigenvalue weighted by Crippen LogP contribution is 2.50. The van der Waals surface area contributed by atoms with E-state index < -0.39 is 52.2 Å². The molecular weight excluding hydrogens is 700 g/mol. The maximum atomic E-state index is 15.4. The first-order valence-corrected chi connectivity index (χ1v) is 18.0. The van der Waals surface area contributed by atoms with Crippen molar-refractivity contribution in [2.75, 3.05) is 29.9 Å². The van der Waals surface area contributed by atoms with Crippen LogP contribution in [0.2, 0.25) is 5.02 Å². The van der Waals surface area contributed by atoms with Gasteiger partial charge in [-0.25, -0.2) is 27.5 Å². The Balaban J connectivity index is 1.28. The highest BCUT2D eigenvalue weighted by Gasteiger charge is 2.54. The molecule has 0 spiro atoms. The summed E-state index contributed by atoms with van der Waals surface area (Å²) >= 11 is 5.96. The smallest absolute Gasteiger partial charge is 0.255 e. The van der Waals surface area contributed by atoms with Crippen molar-refractivity contribution >= 4 is 51.6 Å². The van der Waals surface area contributed by atoms with E-state index in [1.54, 1.807) is 23.2 Å². The monoisotopic (exact) mass is 740 g/mol. The molecule has 2 aliphatic heterocycles. The van der Waals surface area contributed by atoms with E-state index in [0.717, 1.165) is 32.0 Å². The zero-order chi connectivity index (χ0) is 37.3. The molecule has 0 radical (unpaired) electrons. The third kappa shape index (κ3) is 6.07.